The zero-order chi connectivity index (χ0) is 11.6. The minimum absolute atomic E-state index is 0.231. The SMILES string of the molecule is CP(C)C1CCCCC1(P(C)C)P(C)C. The fraction of sp³-hybridized carbons (Fsp3) is 1.00. The zero-order valence-corrected chi connectivity index (χ0v) is 13.9. The van der Waals surface area contributed by atoms with E-state index in [0.29, 0.717) is 0 Å². The van der Waals surface area contributed by atoms with E-state index in [1.54, 1.807) is 0 Å². The Morgan fingerprint density at radius 3 is 1.73 bits per heavy atom. The van der Waals surface area contributed by atoms with Gasteiger partial charge in [-0.05, 0) is 58.5 Å². The van der Waals surface area contributed by atoms with Crippen LogP contribution in [-0.4, -0.2) is 50.5 Å². The van der Waals surface area contributed by atoms with Crippen LogP contribution in [0.15, 0.2) is 0 Å². The third kappa shape index (κ3) is 2.76. The molecule has 3 heteroatoms. The zero-order valence-electron chi connectivity index (χ0n) is 11.2. The van der Waals surface area contributed by atoms with E-state index in [9.17, 15) is 0 Å². The molecule has 0 amide bonds. The summed E-state index contributed by atoms with van der Waals surface area (Å²) in [6.07, 6.45) is 6.06. The molecule has 90 valence electrons. The molecule has 0 N–H and O–H groups in total. The molecule has 1 saturated carbocycles. The summed E-state index contributed by atoms with van der Waals surface area (Å²) in [4.78, 5) is 0.776. The van der Waals surface area contributed by atoms with E-state index in [0.717, 1.165) is 10.6 Å². The van der Waals surface area contributed by atoms with Crippen LogP contribution >= 0.6 is 23.8 Å². The van der Waals surface area contributed by atoms with Gasteiger partial charge in [0.1, 0.15) is 0 Å². The summed E-state index contributed by atoms with van der Waals surface area (Å²) >= 11 is 0. The van der Waals surface area contributed by atoms with Gasteiger partial charge in [0.05, 0.1) is 0 Å². The van der Waals surface area contributed by atoms with Crippen LogP contribution in [0.4, 0.5) is 0 Å². The average molecular weight is 264 g/mol. The Balaban J connectivity index is 2.99. The Morgan fingerprint density at radius 2 is 1.40 bits per heavy atom. The van der Waals surface area contributed by atoms with Gasteiger partial charge in [0.15, 0.2) is 0 Å². The molecule has 0 aromatic rings. The van der Waals surface area contributed by atoms with E-state index in [4.69, 9.17) is 0 Å². The molecule has 0 aromatic carbocycles. The van der Waals surface area contributed by atoms with E-state index in [1.807, 2.05) is 0 Å². The summed E-state index contributed by atoms with van der Waals surface area (Å²) < 4.78 is 0. The largest absolute Gasteiger partial charge is 0.109 e. The van der Waals surface area contributed by atoms with Gasteiger partial charge in [-0.1, -0.05) is 12.8 Å². The molecule has 1 rings (SSSR count). The highest BCUT2D eigenvalue weighted by Gasteiger charge is 2.46. The van der Waals surface area contributed by atoms with Gasteiger partial charge in [-0.15, -0.1) is 23.8 Å². The summed E-state index contributed by atoms with van der Waals surface area (Å²) in [6, 6.07) is 0. The molecule has 1 unspecified atom stereocenters. The maximum atomic E-state index is 2.54. The minimum atomic E-state index is 0.231. The second kappa shape index (κ2) is 5.76. The van der Waals surface area contributed by atoms with Crippen LogP contribution in [0.25, 0.3) is 0 Å². The predicted molar refractivity (Wildman–Crippen MR) is 81.3 cm³/mol. The van der Waals surface area contributed by atoms with Crippen molar-refractivity contribution in [2.24, 2.45) is 0 Å². The quantitative estimate of drug-likeness (QED) is 0.639. The molecule has 0 bridgehead atoms. The lowest BCUT2D eigenvalue weighted by atomic mass is 9.99. The first kappa shape index (κ1) is 14.4. The Bertz CT molecular complexity index is 191. The van der Waals surface area contributed by atoms with E-state index >= 15 is 0 Å². The fourth-order valence-corrected chi connectivity index (χ4v) is 13.5. The number of rotatable bonds is 3. The van der Waals surface area contributed by atoms with Crippen LogP contribution in [0.3, 0.4) is 0 Å². The van der Waals surface area contributed by atoms with Crippen molar-refractivity contribution in [3.63, 3.8) is 0 Å². The molecular weight excluding hydrogens is 237 g/mol. The van der Waals surface area contributed by atoms with Crippen molar-refractivity contribution in [2.45, 2.75) is 36.2 Å². The first-order valence-corrected chi connectivity index (χ1v) is 12.7. The van der Waals surface area contributed by atoms with Crippen molar-refractivity contribution in [3.05, 3.63) is 0 Å². The molecule has 1 aliphatic carbocycles. The molecule has 0 heterocycles. The monoisotopic (exact) mass is 264 g/mol. The van der Waals surface area contributed by atoms with Crippen LogP contribution in [0, 0.1) is 0 Å². The summed E-state index contributed by atoms with van der Waals surface area (Å²) in [5, 5.41) is 0. The molecule has 0 aromatic heterocycles. The Labute approximate surface area is 100 Å². The maximum Gasteiger partial charge on any atom is 0.0163 e. The van der Waals surface area contributed by atoms with Gasteiger partial charge in [0, 0.05) is 4.90 Å². The highest BCUT2D eigenvalue weighted by molar-refractivity contribution is 7.77. The molecule has 0 nitrogen and oxygen atoms in total. The topological polar surface area (TPSA) is 0 Å². The molecule has 0 aliphatic heterocycles. The van der Waals surface area contributed by atoms with Crippen molar-refractivity contribution in [1.29, 1.82) is 0 Å². The standard InChI is InChI=1S/C12H27P3/c1-13(2)11-9-7-8-10-12(11,14(3)4)15(5)6/h11H,7-10H2,1-6H3. The fourth-order valence-electron chi connectivity index (χ4n) is 3.24. The second-order valence-electron chi connectivity index (χ2n) is 5.39. The average Bonchev–Trinajstić information content (AvgIpc) is 2.16. The number of hydrogen-bond acceptors (Lipinski definition) is 0. The van der Waals surface area contributed by atoms with Crippen molar-refractivity contribution in [2.75, 3.05) is 40.0 Å². The molecule has 15 heavy (non-hydrogen) atoms. The van der Waals surface area contributed by atoms with Gasteiger partial charge >= 0.3 is 0 Å². The van der Waals surface area contributed by atoms with Crippen molar-refractivity contribution >= 4 is 23.8 Å². The van der Waals surface area contributed by atoms with Crippen LogP contribution in [0.1, 0.15) is 25.7 Å². The van der Waals surface area contributed by atoms with Crippen LogP contribution in [-0.2, 0) is 0 Å². The third-order valence-corrected chi connectivity index (χ3v) is 12.9. The molecule has 0 radical (unpaired) electrons. The van der Waals surface area contributed by atoms with Crippen LogP contribution in [0.5, 0.6) is 0 Å². The Morgan fingerprint density at radius 1 is 0.867 bits per heavy atom. The van der Waals surface area contributed by atoms with Gasteiger partial charge < -0.3 is 0 Å². The predicted octanol–water partition coefficient (Wildman–Crippen LogP) is 4.85. The van der Waals surface area contributed by atoms with E-state index in [1.165, 1.54) is 25.7 Å². The molecule has 0 saturated heterocycles. The smallest absolute Gasteiger partial charge is 0.0163 e. The van der Waals surface area contributed by atoms with Gasteiger partial charge in [-0.25, -0.2) is 0 Å². The van der Waals surface area contributed by atoms with E-state index < -0.39 is 0 Å². The van der Waals surface area contributed by atoms with Crippen molar-refractivity contribution in [1.82, 2.24) is 0 Å². The summed E-state index contributed by atoms with van der Waals surface area (Å²) in [7, 11) is 0.723. The van der Waals surface area contributed by atoms with Gasteiger partial charge in [-0.3, -0.25) is 0 Å². The van der Waals surface area contributed by atoms with Gasteiger partial charge in [0.25, 0.3) is 0 Å². The molecule has 1 fully saturated rings. The molecule has 1 aliphatic rings. The first-order valence-electron chi connectivity index (χ1n) is 5.94. The first-order chi connectivity index (χ1) is 6.93. The molecular formula is C12H27P3. The van der Waals surface area contributed by atoms with E-state index in [-0.39, 0.29) is 23.8 Å². The highest BCUT2D eigenvalue weighted by atomic mass is 31.2. The highest BCUT2D eigenvalue weighted by Crippen LogP contribution is 2.71. The lowest BCUT2D eigenvalue weighted by molar-refractivity contribution is 0.489. The molecule has 1 atom stereocenters. The summed E-state index contributed by atoms with van der Waals surface area (Å²) in [5.41, 5.74) is 1.07. The van der Waals surface area contributed by atoms with Crippen molar-refractivity contribution in [3.8, 4) is 0 Å². The lowest BCUT2D eigenvalue weighted by Gasteiger charge is -2.52. The van der Waals surface area contributed by atoms with Crippen LogP contribution in [0.2, 0.25) is 0 Å². The summed E-state index contributed by atoms with van der Waals surface area (Å²) in [6.45, 7) is 15.2. The van der Waals surface area contributed by atoms with Crippen LogP contribution < -0.4 is 0 Å². The molecule has 0 spiro atoms. The van der Waals surface area contributed by atoms with Gasteiger partial charge in [0.2, 0.25) is 0 Å². The third-order valence-electron chi connectivity index (χ3n) is 3.98. The Hall–Kier alpha value is 1.29. The lowest BCUT2D eigenvalue weighted by Crippen LogP contribution is -2.39. The Kier molecular flexibility index (Phi) is 5.51. The second-order valence-corrected chi connectivity index (χ2v) is 13.5. The maximum absolute atomic E-state index is 2.54. The normalized spacial score (nSPS) is 26.6. The van der Waals surface area contributed by atoms with E-state index in [2.05, 4.69) is 40.0 Å². The van der Waals surface area contributed by atoms with Gasteiger partial charge in [-0.2, -0.15) is 0 Å². The number of hydrogen-bond donors (Lipinski definition) is 0. The summed E-state index contributed by atoms with van der Waals surface area (Å²) in [5.74, 6) is 0. The minimum Gasteiger partial charge on any atom is -0.109 e. The van der Waals surface area contributed by atoms with Crippen molar-refractivity contribution < 1.29 is 0 Å².